The molecule has 0 unspecified atom stereocenters. The van der Waals surface area contributed by atoms with Crippen molar-refractivity contribution in [1.82, 2.24) is 9.97 Å². The van der Waals surface area contributed by atoms with Gasteiger partial charge in [0.25, 0.3) is 0 Å². The van der Waals surface area contributed by atoms with Gasteiger partial charge in [-0.3, -0.25) is 0 Å². The quantitative estimate of drug-likeness (QED) is 0.163. The lowest BCUT2D eigenvalue weighted by Crippen LogP contribution is -1.95. The maximum atomic E-state index is 9.63. The highest BCUT2D eigenvalue weighted by atomic mass is 14.8. The van der Waals surface area contributed by atoms with Crippen LogP contribution < -0.4 is 0 Å². The van der Waals surface area contributed by atoms with Gasteiger partial charge in [0.2, 0.25) is 0 Å². The minimum atomic E-state index is 0.662. The second-order valence-electron chi connectivity index (χ2n) is 16.7. The van der Waals surface area contributed by atoms with Gasteiger partial charge in [-0.05, 0) is 106 Å². The normalized spacial score (nSPS) is 11.7. The predicted molar refractivity (Wildman–Crippen MR) is 266 cm³/mol. The molecule has 3 nitrogen and oxygen atoms in total. The van der Waals surface area contributed by atoms with Crippen LogP contribution in [-0.4, -0.2) is 9.97 Å². The molecule has 0 spiro atoms. The van der Waals surface area contributed by atoms with Crippen LogP contribution in [0.15, 0.2) is 212 Å². The van der Waals surface area contributed by atoms with E-state index in [9.17, 15) is 5.26 Å². The molecule has 0 atom stereocenters. The Hall–Kier alpha value is -8.71. The highest BCUT2D eigenvalue weighted by Crippen LogP contribution is 2.51. The Balaban J connectivity index is 1.05. The molecule has 294 valence electrons. The van der Waals surface area contributed by atoms with Crippen molar-refractivity contribution in [3.63, 3.8) is 0 Å². The molecule has 0 saturated carbocycles. The molecule has 1 heterocycles. The monoisotopic (exact) mass is 809 g/mol. The molecular weight excluding hydrogens is 775 g/mol. The summed E-state index contributed by atoms with van der Waals surface area (Å²) < 4.78 is 0. The van der Waals surface area contributed by atoms with E-state index in [4.69, 9.17) is 9.97 Å². The number of fused-ring (bicyclic) bond motifs is 7. The topological polar surface area (TPSA) is 49.6 Å². The first kappa shape index (κ1) is 36.0. The summed E-state index contributed by atoms with van der Waals surface area (Å²) in [6, 6.07) is 78.1. The fraction of sp³-hybridized carbons (Fsp3) is 0. The Morgan fingerprint density at radius 2 is 0.812 bits per heavy atom. The molecule has 1 aromatic heterocycles. The van der Waals surface area contributed by atoms with Crippen molar-refractivity contribution in [3.05, 3.63) is 218 Å². The van der Waals surface area contributed by atoms with Crippen LogP contribution in [0.4, 0.5) is 0 Å². The Kier molecular flexibility index (Phi) is 7.97. The molecule has 64 heavy (non-hydrogen) atoms. The van der Waals surface area contributed by atoms with Crippen LogP contribution in [0, 0.1) is 11.3 Å². The Morgan fingerprint density at radius 3 is 1.47 bits per heavy atom. The summed E-state index contributed by atoms with van der Waals surface area (Å²) in [6.45, 7) is 0. The van der Waals surface area contributed by atoms with E-state index in [2.05, 4.69) is 206 Å². The zero-order valence-corrected chi connectivity index (χ0v) is 34.5. The number of hydrogen-bond acceptors (Lipinski definition) is 3. The first-order valence-electron chi connectivity index (χ1n) is 21.7. The summed E-state index contributed by atoms with van der Waals surface area (Å²) in [4.78, 5) is 11.1. The summed E-state index contributed by atoms with van der Waals surface area (Å²) in [7, 11) is 0. The summed E-state index contributed by atoms with van der Waals surface area (Å²) in [5.74, 6) is 0. The van der Waals surface area contributed by atoms with Gasteiger partial charge in [0.15, 0.2) is 0 Å². The molecular formula is C61H35N3. The second kappa shape index (κ2) is 14.2. The number of benzene rings is 11. The van der Waals surface area contributed by atoms with Gasteiger partial charge >= 0.3 is 0 Å². The molecule has 3 heteroatoms. The summed E-state index contributed by atoms with van der Waals surface area (Å²) >= 11 is 0. The van der Waals surface area contributed by atoms with E-state index >= 15 is 0 Å². The summed E-state index contributed by atoms with van der Waals surface area (Å²) in [6.07, 6.45) is 0. The molecule has 0 radical (unpaired) electrons. The molecule has 11 aromatic carbocycles. The van der Waals surface area contributed by atoms with E-state index < -0.39 is 0 Å². The van der Waals surface area contributed by atoms with Crippen LogP contribution in [-0.2, 0) is 0 Å². The maximum Gasteiger partial charge on any atom is 0.0991 e. The fourth-order valence-corrected chi connectivity index (χ4v) is 10.3. The highest BCUT2D eigenvalue weighted by Gasteiger charge is 2.28. The average Bonchev–Trinajstić information content (AvgIpc) is 3.68. The number of hydrogen-bond donors (Lipinski definition) is 0. The van der Waals surface area contributed by atoms with Gasteiger partial charge in [-0.25, -0.2) is 9.97 Å². The third-order valence-electron chi connectivity index (χ3n) is 13.2. The molecule has 0 fully saturated rings. The number of nitrogens with zero attached hydrogens (tertiary/aromatic N) is 3. The van der Waals surface area contributed by atoms with E-state index in [0.29, 0.717) is 5.56 Å². The number of aromatic nitrogens is 2. The van der Waals surface area contributed by atoms with Crippen molar-refractivity contribution in [2.45, 2.75) is 0 Å². The van der Waals surface area contributed by atoms with Crippen LogP contribution in [0.25, 0.3) is 132 Å². The van der Waals surface area contributed by atoms with Gasteiger partial charge in [-0.2, -0.15) is 5.26 Å². The van der Waals surface area contributed by atoms with Crippen LogP contribution in [0.5, 0.6) is 0 Å². The van der Waals surface area contributed by atoms with Gasteiger partial charge in [-0.1, -0.05) is 188 Å². The van der Waals surface area contributed by atoms with Crippen molar-refractivity contribution < 1.29 is 0 Å². The molecule has 1 aliphatic rings. The molecule has 0 N–H and O–H groups in total. The molecule has 0 saturated heterocycles. The number of rotatable bonds is 5. The first-order chi connectivity index (χ1) is 31.7. The number of nitriles is 1. The van der Waals surface area contributed by atoms with Gasteiger partial charge in [-0.15, -0.1) is 0 Å². The van der Waals surface area contributed by atoms with Gasteiger partial charge in [0, 0.05) is 27.6 Å². The third-order valence-corrected chi connectivity index (χ3v) is 13.2. The van der Waals surface area contributed by atoms with E-state index in [-0.39, 0.29) is 0 Å². The zero-order valence-electron chi connectivity index (χ0n) is 34.5. The van der Waals surface area contributed by atoms with Crippen molar-refractivity contribution >= 4 is 54.1 Å². The molecule has 0 bridgehead atoms. The summed E-state index contributed by atoms with van der Waals surface area (Å²) in [5, 5.41) is 18.9. The van der Waals surface area contributed by atoms with E-state index in [1.54, 1.807) is 0 Å². The van der Waals surface area contributed by atoms with E-state index in [0.717, 1.165) is 83.3 Å². The standard InChI is InChI=1S/C61H35N3/c62-36-37-23-24-42-34-44(26-25-41(42)33-37)56-50-20-11-10-19-49(50)55(40-17-8-3-9-18-40)51-28-27-43(35-54(51)56)45-29-32-53-57-48(45)21-12-22-52(57)60-61(53)64-59-47(39-15-6-2-7-16-39)31-30-46(58(59)63-60)38-13-4-1-5-14-38/h1-35H. The van der Waals surface area contributed by atoms with Crippen LogP contribution in [0.3, 0.4) is 0 Å². The van der Waals surface area contributed by atoms with Crippen molar-refractivity contribution in [1.29, 1.82) is 5.26 Å². The van der Waals surface area contributed by atoms with Crippen LogP contribution >= 0.6 is 0 Å². The lowest BCUT2D eigenvalue weighted by molar-refractivity contribution is 1.32. The van der Waals surface area contributed by atoms with Gasteiger partial charge in [0.05, 0.1) is 34.1 Å². The SMILES string of the molecule is N#Cc1ccc2cc(-c3c4ccccc4c(-c4ccccc4)c4ccc(-c5ccc6c7c(cccc57)-c5nc7c(-c8ccccc8)ccc(-c8ccccc8)c7nc5-6)cc34)ccc2c1. The largest absolute Gasteiger partial charge is 0.243 e. The van der Waals surface area contributed by atoms with E-state index in [1.165, 1.54) is 49.0 Å². The molecule has 0 aliphatic heterocycles. The van der Waals surface area contributed by atoms with Crippen molar-refractivity contribution in [3.8, 4) is 84.2 Å². The minimum Gasteiger partial charge on any atom is -0.243 e. The molecule has 13 rings (SSSR count). The highest BCUT2D eigenvalue weighted by molar-refractivity contribution is 6.23. The molecule has 0 amide bonds. The lowest BCUT2D eigenvalue weighted by atomic mass is 9.84. The Labute approximate surface area is 369 Å². The van der Waals surface area contributed by atoms with Crippen LogP contribution in [0.1, 0.15) is 5.56 Å². The lowest BCUT2D eigenvalue weighted by Gasteiger charge is -2.19. The third kappa shape index (κ3) is 5.46. The first-order valence-corrected chi connectivity index (χ1v) is 21.7. The zero-order chi connectivity index (χ0) is 42.3. The fourth-order valence-electron chi connectivity index (χ4n) is 10.3. The van der Waals surface area contributed by atoms with Crippen LogP contribution in [0.2, 0.25) is 0 Å². The van der Waals surface area contributed by atoms with E-state index in [1.807, 2.05) is 12.1 Å². The van der Waals surface area contributed by atoms with Crippen molar-refractivity contribution in [2.24, 2.45) is 0 Å². The second-order valence-corrected chi connectivity index (χ2v) is 16.7. The maximum absolute atomic E-state index is 9.63. The minimum absolute atomic E-state index is 0.662. The average molecular weight is 810 g/mol. The smallest absolute Gasteiger partial charge is 0.0991 e. The molecule has 12 aromatic rings. The molecule has 1 aliphatic carbocycles. The van der Waals surface area contributed by atoms with Crippen molar-refractivity contribution in [2.75, 3.05) is 0 Å². The Bertz CT molecular complexity index is 3850. The summed E-state index contributed by atoms with van der Waals surface area (Å²) in [5.41, 5.74) is 18.0. The van der Waals surface area contributed by atoms with Gasteiger partial charge in [0.1, 0.15) is 0 Å². The Morgan fingerprint density at radius 1 is 0.312 bits per heavy atom. The van der Waals surface area contributed by atoms with Gasteiger partial charge < -0.3 is 0 Å². The predicted octanol–water partition coefficient (Wildman–Crippen LogP) is 16.1.